The molecular formula is C18H30F2O3. The summed E-state index contributed by atoms with van der Waals surface area (Å²) in [6, 6.07) is 0. The zero-order valence-electron chi connectivity index (χ0n) is 15.0. The van der Waals surface area contributed by atoms with E-state index < -0.39 is 23.5 Å². The Labute approximate surface area is 137 Å². The van der Waals surface area contributed by atoms with Crippen LogP contribution in [-0.2, 0) is 9.53 Å². The number of hydrogen-bond donors (Lipinski definition) is 1. The van der Waals surface area contributed by atoms with Crippen LogP contribution in [0.25, 0.3) is 0 Å². The summed E-state index contributed by atoms with van der Waals surface area (Å²) < 4.78 is 34.1. The number of ketones is 1. The Hall–Kier alpha value is -0.550. The molecule has 2 fully saturated rings. The van der Waals surface area contributed by atoms with E-state index in [0.29, 0.717) is 0 Å². The minimum absolute atomic E-state index is 0.110. The van der Waals surface area contributed by atoms with E-state index in [1.54, 1.807) is 0 Å². The van der Waals surface area contributed by atoms with Gasteiger partial charge in [-0.15, -0.1) is 0 Å². The normalized spacial score (nSPS) is 43.8. The molecule has 0 aromatic heterocycles. The second-order valence-electron chi connectivity index (χ2n) is 8.49. The summed E-state index contributed by atoms with van der Waals surface area (Å²) in [5.41, 5.74) is -0.675. The number of alkyl halides is 2. The lowest BCUT2D eigenvalue weighted by molar-refractivity contribution is -0.353. The minimum Gasteiger partial charge on any atom is -0.361 e. The van der Waals surface area contributed by atoms with Crippen LogP contribution in [0.5, 0.6) is 0 Å². The minimum atomic E-state index is -3.32. The van der Waals surface area contributed by atoms with Crippen LogP contribution in [0, 0.1) is 35.0 Å². The van der Waals surface area contributed by atoms with E-state index in [2.05, 4.69) is 0 Å². The Balaban J connectivity index is 2.50. The Kier molecular flexibility index (Phi) is 4.71. The third-order valence-corrected chi connectivity index (χ3v) is 6.37. The number of halogens is 2. The first-order valence-electron chi connectivity index (χ1n) is 8.57. The van der Waals surface area contributed by atoms with Crippen LogP contribution in [0.4, 0.5) is 8.78 Å². The highest BCUT2D eigenvalue weighted by Crippen LogP contribution is 2.62. The lowest BCUT2D eigenvalue weighted by Gasteiger charge is -2.59. The van der Waals surface area contributed by atoms with E-state index in [9.17, 15) is 18.7 Å². The van der Waals surface area contributed by atoms with Gasteiger partial charge >= 0.3 is 5.92 Å². The summed E-state index contributed by atoms with van der Waals surface area (Å²) in [5, 5.41) is 10.3. The summed E-state index contributed by atoms with van der Waals surface area (Å²) in [6.45, 7) is 9.89. The van der Waals surface area contributed by atoms with Gasteiger partial charge in [0, 0.05) is 32.3 Å². The molecule has 134 valence electrons. The van der Waals surface area contributed by atoms with Crippen LogP contribution < -0.4 is 0 Å². The van der Waals surface area contributed by atoms with Gasteiger partial charge in [-0.1, -0.05) is 34.6 Å². The van der Waals surface area contributed by atoms with Crippen LogP contribution >= 0.6 is 0 Å². The van der Waals surface area contributed by atoms with Crippen molar-refractivity contribution in [2.24, 2.45) is 35.0 Å². The maximum absolute atomic E-state index is 14.7. The topological polar surface area (TPSA) is 46.5 Å². The number of fused-ring (bicyclic) bond motifs is 1. The van der Waals surface area contributed by atoms with Gasteiger partial charge in [0.15, 0.2) is 0 Å². The van der Waals surface area contributed by atoms with E-state index >= 15 is 0 Å². The molecule has 0 spiro atoms. The molecule has 5 atom stereocenters. The number of carbonyl (C=O) groups is 1. The Morgan fingerprint density at radius 2 is 1.78 bits per heavy atom. The molecule has 0 aromatic rings. The number of carbonyl (C=O) groups excluding carboxylic acids is 1. The average molecular weight is 332 g/mol. The molecule has 2 saturated carbocycles. The van der Waals surface area contributed by atoms with Gasteiger partial charge in [0.1, 0.15) is 5.78 Å². The molecule has 0 aromatic carbocycles. The lowest BCUT2D eigenvalue weighted by atomic mass is 9.47. The highest BCUT2D eigenvalue weighted by molar-refractivity contribution is 5.83. The molecule has 0 bridgehead atoms. The van der Waals surface area contributed by atoms with Gasteiger partial charge in [-0.3, -0.25) is 4.79 Å². The second kappa shape index (κ2) is 5.76. The molecule has 3 nitrogen and oxygen atoms in total. The van der Waals surface area contributed by atoms with E-state index in [-0.39, 0.29) is 48.2 Å². The third kappa shape index (κ3) is 2.74. The number of methoxy groups -OCH3 is 1. The van der Waals surface area contributed by atoms with Crippen LogP contribution in [-0.4, -0.2) is 29.7 Å². The van der Waals surface area contributed by atoms with Gasteiger partial charge in [0.25, 0.3) is 0 Å². The van der Waals surface area contributed by atoms with E-state index in [4.69, 9.17) is 4.74 Å². The van der Waals surface area contributed by atoms with Gasteiger partial charge in [-0.25, -0.2) is 8.78 Å². The standard InChI is InChI=1S/C18H30F2O3/c1-10(2)14-13(21)7-12-8-18(22,23-6)17(19,20)9-16(12,5)15(14)11(3)4/h10-12,14-15,22H,7-9H2,1-6H3/t12-,14?,15?,16+,18?/m1/s1. The van der Waals surface area contributed by atoms with Crippen LogP contribution in [0.15, 0.2) is 0 Å². The van der Waals surface area contributed by atoms with Gasteiger partial charge in [0.2, 0.25) is 5.79 Å². The molecule has 0 amide bonds. The fourth-order valence-electron chi connectivity index (χ4n) is 5.36. The highest BCUT2D eigenvalue weighted by Gasteiger charge is 2.67. The molecule has 0 aliphatic heterocycles. The summed E-state index contributed by atoms with van der Waals surface area (Å²) in [7, 11) is 1.11. The summed E-state index contributed by atoms with van der Waals surface area (Å²) in [5.74, 6) is -5.96. The Bertz CT molecular complexity index is 477. The highest BCUT2D eigenvalue weighted by atomic mass is 19.3. The van der Waals surface area contributed by atoms with Crippen molar-refractivity contribution >= 4 is 5.78 Å². The number of hydrogen-bond acceptors (Lipinski definition) is 3. The first-order valence-corrected chi connectivity index (χ1v) is 8.57. The van der Waals surface area contributed by atoms with Crippen molar-refractivity contribution in [1.29, 1.82) is 0 Å². The van der Waals surface area contributed by atoms with E-state index in [0.717, 1.165) is 7.11 Å². The monoisotopic (exact) mass is 332 g/mol. The quantitative estimate of drug-likeness (QED) is 0.798. The first-order chi connectivity index (χ1) is 10.4. The fourth-order valence-corrected chi connectivity index (χ4v) is 5.36. The third-order valence-electron chi connectivity index (χ3n) is 6.37. The summed E-state index contributed by atoms with van der Waals surface area (Å²) in [4.78, 5) is 12.7. The Morgan fingerprint density at radius 3 is 2.22 bits per heavy atom. The number of Topliss-reactive ketones (excluding diaryl/α,β-unsaturated/α-hetero) is 1. The molecule has 2 rings (SSSR count). The van der Waals surface area contributed by atoms with Gasteiger partial charge in [-0.2, -0.15) is 0 Å². The molecule has 2 aliphatic rings. The molecule has 2 aliphatic carbocycles. The van der Waals surface area contributed by atoms with Crippen molar-refractivity contribution in [2.45, 2.75) is 65.6 Å². The smallest absolute Gasteiger partial charge is 0.301 e. The molecule has 0 radical (unpaired) electrons. The first kappa shape index (κ1) is 18.8. The fraction of sp³-hybridized carbons (Fsp3) is 0.944. The molecule has 23 heavy (non-hydrogen) atoms. The number of aliphatic hydroxyl groups is 1. The van der Waals surface area contributed by atoms with Crippen LogP contribution in [0.3, 0.4) is 0 Å². The molecular weight excluding hydrogens is 302 g/mol. The Morgan fingerprint density at radius 1 is 1.22 bits per heavy atom. The van der Waals surface area contributed by atoms with Crippen molar-refractivity contribution in [3.63, 3.8) is 0 Å². The molecule has 5 heteroatoms. The van der Waals surface area contributed by atoms with Crippen molar-refractivity contribution in [1.82, 2.24) is 0 Å². The summed E-state index contributed by atoms with van der Waals surface area (Å²) >= 11 is 0. The number of rotatable bonds is 3. The second-order valence-corrected chi connectivity index (χ2v) is 8.49. The largest absolute Gasteiger partial charge is 0.361 e. The molecule has 0 saturated heterocycles. The number of ether oxygens (including phenoxy) is 1. The van der Waals surface area contributed by atoms with Gasteiger partial charge < -0.3 is 9.84 Å². The van der Waals surface area contributed by atoms with Crippen molar-refractivity contribution in [2.75, 3.05) is 7.11 Å². The average Bonchev–Trinajstić information content (AvgIpc) is 2.39. The SMILES string of the molecule is COC1(O)C[C@H]2CC(=O)C(C(C)C)C(C(C)C)[C@@]2(C)CC1(F)F. The maximum atomic E-state index is 14.7. The zero-order chi connectivity index (χ0) is 17.8. The van der Waals surface area contributed by atoms with Crippen molar-refractivity contribution < 1.29 is 23.4 Å². The van der Waals surface area contributed by atoms with Crippen molar-refractivity contribution in [3.05, 3.63) is 0 Å². The van der Waals surface area contributed by atoms with E-state index in [1.165, 1.54) is 0 Å². The van der Waals surface area contributed by atoms with Crippen molar-refractivity contribution in [3.8, 4) is 0 Å². The van der Waals surface area contributed by atoms with Gasteiger partial charge in [0.05, 0.1) is 0 Å². The van der Waals surface area contributed by atoms with Gasteiger partial charge in [-0.05, 0) is 29.1 Å². The predicted molar refractivity (Wildman–Crippen MR) is 84.0 cm³/mol. The molecule has 1 N–H and O–H groups in total. The van der Waals surface area contributed by atoms with E-state index in [1.807, 2.05) is 34.6 Å². The lowest BCUT2D eigenvalue weighted by Crippen LogP contribution is -2.64. The zero-order valence-corrected chi connectivity index (χ0v) is 15.0. The molecule has 0 heterocycles. The van der Waals surface area contributed by atoms with Crippen LogP contribution in [0.1, 0.15) is 53.9 Å². The molecule has 3 unspecified atom stereocenters. The summed E-state index contributed by atoms with van der Waals surface area (Å²) in [6.07, 6.45) is -0.370. The predicted octanol–water partition coefficient (Wildman–Crippen LogP) is 3.89. The maximum Gasteiger partial charge on any atom is 0.301 e. The van der Waals surface area contributed by atoms with Crippen LogP contribution in [0.2, 0.25) is 0 Å².